The molecule has 3 heteroatoms. The largest absolute Gasteiger partial charge is 0.455 e. The van der Waals surface area contributed by atoms with Gasteiger partial charge < -0.3 is 13.9 Å². The van der Waals surface area contributed by atoms with Gasteiger partial charge in [-0.15, -0.1) is 0 Å². The number of furan rings is 1. The van der Waals surface area contributed by atoms with E-state index in [9.17, 15) is 0 Å². The molecule has 1 atom stereocenters. The molecule has 0 radical (unpaired) electrons. The number of aromatic nitrogens is 1. The van der Waals surface area contributed by atoms with Crippen molar-refractivity contribution < 1.29 is 4.42 Å². The van der Waals surface area contributed by atoms with Crippen LogP contribution in [0.1, 0.15) is 47.2 Å². The van der Waals surface area contributed by atoms with E-state index >= 15 is 0 Å². The zero-order valence-electron chi connectivity index (χ0n) is 37.1. The first kappa shape index (κ1) is 36.9. The van der Waals surface area contributed by atoms with Crippen LogP contribution in [0.2, 0.25) is 0 Å². The highest BCUT2D eigenvalue weighted by molar-refractivity contribution is 6.25. The minimum atomic E-state index is -0.580. The fourth-order valence-corrected chi connectivity index (χ4v) is 12.8. The topological polar surface area (TPSA) is 21.3 Å². The summed E-state index contributed by atoms with van der Waals surface area (Å²) in [5.74, 6) is 0. The van der Waals surface area contributed by atoms with E-state index in [1.54, 1.807) is 0 Å². The molecule has 67 heavy (non-hydrogen) atoms. The van der Waals surface area contributed by atoms with Crippen LogP contribution in [0.4, 0.5) is 17.1 Å². The first-order valence-corrected chi connectivity index (χ1v) is 23.4. The molecule has 0 N–H and O–H groups in total. The summed E-state index contributed by atoms with van der Waals surface area (Å²) in [4.78, 5) is 2.46. The van der Waals surface area contributed by atoms with Crippen molar-refractivity contribution >= 4 is 60.8 Å². The maximum Gasteiger partial charge on any atom is 0.145 e. The summed E-state index contributed by atoms with van der Waals surface area (Å²) in [5, 5.41) is 4.60. The molecule has 0 saturated carbocycles. The van der Waals surface area contributed by atoms with Gasteiger partial charge in [0.15, 0.2) is 0 Å². The molecule has 0 aliphatic heterocycles. The fraction of sp³-hybridized carbons (Fsp3) is 0.0625. The van der Waals surface area contributed by atoms with Crippen molar-refractivity contribution in [1.29, 1.82) is 0 Å². The van der Waals surface area contributed by atoms with E-state index in [0.717, 1.165) is 55.6 Å². The predicted octanol–water partition coefficient (Wildman–Crippen LogP) is 16.8. The summed E-state index contributed by atoms with van der Waals surface area (Å²) in [6.07, 6.45) is 0. The molecule has 15 rings (SSSR count). The average Bonchev–Trinajstić information content (AvgIpc) is 4.14. The predicted molar refractivity (Wildman–Crippen MR) is 277 cm³/mol. The van der Waals surface area contributed by atoms with E-state index in [2.05, 4.69) is 242 Å². The summed E-state index contributed by atoms with van der Waals surface area (Å²) in [7, 11) is 0. The van der Waals surface area contributed by atoms with Crippen LogP contribution in [0.15, 0.2) is 223 Å². The Balaban J connectivity index is 0.986. The minimum Gasteiger partial charge on any atom is -0.455 e. The molecule has 314 valence electrons. The van der Waals surface area contributed by atoms with Crippen LogP contribution in [0, 0.1) is 0 Å². The summed E-state index contributed by atoms with van der Waals surface area (Å²) >= 11 is 0. The Labute approximate surface area is 388 Å². The third kappa shape index (κ3) is 4.65. The maximum atomic E-state index is 7.43. The Kier molecular flexibility index (Phi) is 7.22. The van der Waals surface area contributed by atoms with E-state index in [0.29, 0.717) is 0 Å². The second-order valence-electron chi connectivity index (χ2n) is 19.1. The number of nitrogens with zero attached hydrogens (tertiary/aromatic N) is 2. The van der Waals surface area contributed by atoms with Gasteiger partial charge in [0.25, 0.3) is 0 Å². The third-order valence-electron chi connectivity index (χ3n) is 15.6. The van der Waals surface area contributed by atoms with Crippen molar-refractivity contribution in [2.75, 3.05) is 4.90 Å². The quantitative estimate of drug-likeness (QED) is 0.176. The van der Waals surface area contributed by atoms with E-state index in [-0.39, 0.29) is 5.41 Å². The molecule has 1 spiro atoms. The summed E-state index contributed by atoms with van der Waals surface area (Å²) < 4.78 is 9.81. The Morgan fingerprint density at radius 1 is 0.373 bits per heavy atom. The molecule has 1 unspecified atom stereocenters. The van der Waals surface area contributed by atoms with Crippen LogP contribution in [0.3, 0.4) is 0 Å². The summed E-state index contributed by atoms with van der Waals surface area (Å²) in [6, 6.07) is 81.0. The first-order chi connectivity index (χ1) is 33.0. The van der Waals surface area contributed by atoms with Crippen molar-refractivity contribution in [2.45, 2.75) is 24.7 Å². The van der Waals surface area contributed by atoms with Gasteiger partial charge >= 0.3 is 0 Å². The normalized spacial score (nSPS) is 15.8. The first-order valence-electron chi connectivity index (χ1n) is 23.4. The number of hydrogen-bond acceptors (Lipinski definition) is 2. The molecule has 3 aliphatic carbocycles. The standard InChI is InChI=1S/C64H42N2O/c1-63(2)51-25-13-9-21-43(51)45-31-29-41(37-55(45)63)65(39-17-5-3-6-18-39)42-30-32-46-44-22-10-14-26-52(44)64(56(46)38-42)53-27-15-11-23-49(53)59-54(64)35-33-47-48-34-36-58-60(62(48)67-61(47)59)50-24-12-16-28-57(50)66(58)40-19-7-4-8-20-40/h3-38H,1-2H3. The van der Waals surface area contributed by atoms with Crippen LogP contribution < -0.4 is 4.90 Å². The van der Waals surface area contributed by atoms with Gasteiger partial charge in [0, 0.05) is 49.9 Å². The van der Waals surface area contributed by atoms with Gasteiger partial charge in [-0.3, -0.25) is 0 Å². The highest BCUT2D eigenvalue weighted by Crippen LogP contribution is 2.65. The van der Waals surface area contributed by atoms with E-state index in [1.165, 1.54) is 77.7 Å². The van der Waals surface area contributed by atoms with Crippen molar-refractivity contribution in [1.82, 2.24) is 4.57 Å². The van der Waals surface area contributed by atoms with Crippen molar-refractivity contribution in [3.05, 3.63) is 252 Å². The number of rotatable bonds is 4. The third-order valence-corrected chi connectivity index (χ3v) is 15.6. The number of fused-ring (bicyclic) bond motifs is 21. The maximum absolute atomic E-state index is 7.43. The van der Waals surface area contributed by atoms with Crippen LogP contribution in [-0.4, -0.2) is 4.57 Å². The van der Waals surface area contributed by atoms with Crippen LogP contribution in [0.5, 0.6) is 0 Å². The molecule has 0 fully saturated rings. The number of para-hydroxylation sites is 3. The lowest BCUT2D eigenvalue weighted by Crippen LogP contribution is -2.26. The number of anilines is 3. The summed E-state index contributed by atoms with van der Waals surface area (Å²) in [5.41, 5.74) is 23.5. The molecule has 3 aliphatic rings. The van der Waals surface area contributed by atoms with Crippen LogP contribution >= 0.6 is 0 Å². The number of hydrogen-bond donors (Lipinski definition) is 0. The zero-order valence-corrected chi connectivity index (χ0v) is 37.1. The molecular formula is C64H42N2O. The van der Waals surface area contributed by atoms with Crippen LogP contribution in [-0.2, 0) is 10.8 Å². The lowest BCUT2D eigenvalue weighted by atomic mass is 9.70. The average molecular weight is 855 g/mol. The van der Waals surface area contributed by atoms with Gasteiger partial charge in [-0.25, -0.2) is 0 Å². The minimum absolute atomic E-state index is 0.127. The number of benzene rings is 10. The van der Waals surface area contributed by atoms with Crippen molar-refractivity contribution in [3.63, 3.8) is 0 Å². The van der Waals surface area contributed by atoms with Gasteiger partial charge in [-0.2, -0.15) is 0 Å². The molecule has 0 saturated heterocycles. The Hall–Kier alpha value is -8.40. The molecular weight excluding hydrogens is 813 g/mol. The van der Waals surface area contributed by atoms with Crippen molar-refractivity contribution in [2.24, 2.45) is 0 Å². The molecule has 0 bridgehead atoms. The summed E-state index contributed by atoms with van der Waals surface area (Å²) in [6.45, 7) is 4.73. The van der Waals surface area contributed by atoms with E-state index < -0.39 is 5.41 Å². The highest BCUT2D eigenvalue weighted by atomic mass is 16.3. The lowest BCUT2D eigenvalue weighted by Gasteiger charge is -2.32. The Morgan fingerprint density at radius 2 is 0.925 bits per heavy atom. The fourth-order valence-electron chi connectivity index (χ4n) is 12.8. The lowest BCUT2D eigenvalue weighted by molar-refractivity contribution is 0.660. The smallest absolute Gasteiger partial charge is 0.145 e. The van der Waals surface area contributed by atoms with Gasteiger partial charge in [-0.1, -0.05) is 166 Å². The van der Waals surface area contributed by atoms with Crippen LogP contribution in [0.25, 0.3) is 82.8 Å². The second kappa shape index (κ2) is 13.1. The van der Waals surface area contributed by atoms with Crippen molar-refractivity contribution in [3.8, 4) is 39.1 Å². The molecule has 2 aromatic heterocycles. The van der Waals surface area contributed by atoms with Gasteiger partial charge in [0.1, 0.15) is 11.2 Å². The molecule has 12 aromatic rings. The van der Waals surface area contributed by atoms with Gasteiger partial charge in [0.05, 0.1) is 21.8 Å². The van der Waals surface area contributed by atoms with E-state index in [1.807, 2.05) is 0 Å². The zero-order chi connectivity index (χ0) is 44.2. The molecule has 2 heterocycles. The Bertz CT molecular complexity index is 4080. The Morgan fingerprint density at radius 3 is 1.69 bits per heavy atom. The molecule has 10 aromatic carbocycles. The SMILES string of the molecule is CC1(C)c2ccccc2-c2ccc(N(c3ccccc3)c3ccc4c(c3)C3(c5ccccc5-4)c4ccccc4-c4c3ccc3c4oc4c3ccc3c4c4ccccc4n3-c3ccccc3)cc21. The van der Waals surface area contributed by atoms with Gasteiger partial charge in [-0.05, 0) is 128 Å². The highest BCUT2D eigenvalue weighted by Gasteiger charge is 2.53. The second-order valence-corrected chi connectivity index (χ2v) is 19.1. The molecule has 3 nitrogen and oxygen atoms in total. The molecule has 0 amide bonds. The van der Waals surface area contributed by atoms with E-state index in [4.69, 9.17) is 4.42 Å². The monoisotopic (exact) mass is 854 g/mol. The van der Waals surface area contributed by atoms with Gasteiger partial charge in [0.2, 0.25) is 0 Å².